The Balaban J connectivity index is 1.38. The number of nitrogens with one attached hydrogen (secondary N) is 2. The molecule has 31 heavy (non-hydrogen) atoms. The number of amides is 2. The van der Waals surface area contributed by atoms with Crippen molar-refractivity contribution in [1.82, 2.24) is 25.3 Å². The van der Waals surface area contributed by atoms with Gasteiger partial charge in [-0.15, -0.1) is 0 Å². The van der Waals surface area contributed by atoms with Crippen LogP contribution in [0.5, 0.6) is 0 Å². The van der Waals surface area contributed by atoms with Crippen molar-refractivity contribution >= 4 is 11.8 Å². The van der Waals surface area contributed by atoms with Crippen molar-refractivity contribution in [3.63, 3.8) is 0 Å². The topological polar surface area (TPSA) is 79.3 Å². The second-order valence-electron chi connectivity index (χ2n) is 7.84. The Morgan fingerprint density at radius 2 is 1.84 bits per heavy atom. The Morgan fingerprint density at radius 3 is 2.55 bits per heavy atom. The van der Waals surface area contributed by atoms with E-state index in [4.69, 9.17) is 0 Å². The van der Waals surface area contributed by atoms with Crippen LogP contribution in [0.2, 0.25) is 0 Å². The van der Waals surface area contributed by atoms with Gasteiger partial charge in [-0.25, -0.2) is 0 Å². The summed E-state index contributed by atoms with van der Waals surface area (Å²) in [7, 11) is 1.84. The predicted molar refractivity (Wildman–Crippen MR) is 119 cm³/mol. The summed E-state index contributed by atoms with van der Waals surface area (Å²) in [4.78, 5) is 27.1. The Bertz CT molecular complexity index is 1030. The van der Waals surface area contributed by atoms with Crippen LogP contribution in [0.25, 0.3) is 11.1 Å². The lowest BCUT2D eigenvalue weighted by atomic mass is 10.0. The van der Waals surface area contributed by atoms with Gasteiger partial charge in [0.05, 0.1) is 18.7 Å². The van der Waals surface area contributed by atoms with Crippen LogP contribution in [0.4, 0.5) is 0 Å². The number of aromatic nitrogens is 2. The van der Waals surface area contributed by atoms with E-state index in [9.17, 15) is 9.59 Å². The largest absolute Gasteiger partial charge is 0.353 e. The SMILES string of the molecule is Cn1cc(CNC(=O)C[C@@H]2C(=O)NCCN2Cc2ccc(-c3ccccc3)cc2)cn1. The molecule has 0 bridgehead atoms. The zero-order valence-electron chi connectivity index (χ0n) is 17.6. The third-order valence-corrected chi connectivity index (χ3v) is 5.52. The summed E-state index contributed by atoms with van der Waals surface area (Å²) >= 11 is 0. The lowest BCUT2D eigenvalue weighted by Gasteiger charge is -2.34. The molecular formula is C24H27N5O2. The van der Waals surface area contributed by atoms with Crippen LogP contribution in [0.15, 0.2) is 67.0 Å². The predicted octanol–water partition coefficient (Wildman–Crippen LogP) is 2.09. The highest BCUT2D eigenvalue weighted by atomic mass is 16.2. The summed E-state index contributed by atoms with van der Waals surface area (Å²) < 4.78 is 1.70. The summed E-state index contributed by atoms with van der Waals surface area (Å²) in [5.74, 6) is -0.237. The van der Waals surface area contributed by atoms with Crippen molar-refractivity contribution in [3.05, 3.63) is 78.1 Å². The smallest absolute Gasteiger partial charge is 0.237 e. The first-order valence-electron chi connectivity index (χ1n) is 10.5. The van der Waals surface area contributed by atoms with E-state index >= 15 is 0 Å². The zero-order valence-corrected chi connectivity index (χ0v) is 17.6. The molecule has 4 rings (SSSR count). The average Bonchev–Trinajstić information content (AvgIpc) is 3.21. The molecule has 1 aromatic heterocycles. The van der Waals surface area contributed by atoms with E-state index in [2.05, 4.69) is 57.0 Å². The Hall–Kier alpha value is -3.45. The molecule has 1 saturated heterocycles. The van der Waals surface area contributed by atoms with Crippen molar-refractivity contribution in [1.29, 1.82) is 0 Å². The molecule has 160 valence electrons. The monoisotopic (exact) mass is 417 g/mol. The van der Waals surface area contributed by atoms with Gasteiger partial charge in [0.2, 0.25) is 11.8 Å². The summed E-state index contributed by atoms with van der Waals surface area (Å²) in [6.45, 7) is 2.34. The molecule has 2 amide bonds. The molecule has 7 nitrogen and oxygen atoms in total. The fourth-order valence-corrected chi connectivity index (χ4v) is 3.85. The van der Waals surface area contributed by atoms with Gasteiger partial charge in [-0.3, -0.25) is 19.2 Å². The summed E-state index contributed by atoms with van der Waals surface area (Å²) in [6.07, 6.45) is 3.71. The minimum atomic E-state index is -0.476. The molecule has 3 aromatic rings. The Morgan fingerprint density at radius 1 is 1.10 bits per heavy atom. The molecule has 1 fully saturated rings. The zero-order chi connectivity index (χ0) is 21.6. The van der Waals surface area contributed by atoms with Gasteiger partial charge >= 0.3 is 0 Å². The molecule has 1 aliphatic rings. The fraction of sp³-hybridized carbons (Fsp3) is 0.292. The molecule has 7 heteroatoms. The number of benzene rings is 2. The first-order chi connectivity index (χ1) is 15.1. The van der Waals surface area contributed by atoms with E-state index < -0.39 is 6.04 Å². The molecule has 0 unspecified atom stereocenters. The molecule has 0 radical (unpaired) electrons. The highest BCUT2D eigenvalue weighted by Crippen LogP contribution is 2.21. The second-order valence-corrected chi connectivity index (χ2v) is 7.84. The molecule has 1 aliphatic heterocycles. The van der Waals surface area contributed by atoms with E-state index in [-0.39, 0.29) is 18.2 Å². The Kier molecular flexibility index (Phi) is 6.43. The number of hydrogen-bond acceptors (Lipinski definition) is 4. The van der Waals surface area contributed by atoms with E-state index in [1.165, 1.54) is 5.56 Å². The van der Waals surface area contributed by atoms with Gasteiger partial charge in [-0.1, -0.05) is 54.6 Å². The van der Waals surface area contributed by atoms with Gasteiger partial charge in [-0.2, -0.15) is 5.10 Å². The van der Waals surface area contributed by atoms with Gasteiger partial charge in [0.15, 0.2) is 0 Å². The fourth-order valence-electron chi connectivity index (χ4n) is 3.85. The molecule has 0 aliphatic carbocycles. The lowest BCUT2D eigenvalue weighted by molar-refractivity contribution is -0.134. The average molecular weight is 418 g/mol. The maximum Gasteiger partial charge on any atom is 0.237 e. The summed E-state index contributed by atoms with van der Waals surface area (Å²) in [6, 6.07) is 18.1. The minimum Gasteiger partial charge on any atom is -0.353 e. The van der Waals surface area contributed by atoms with Crippen LogP contribution in [0.3, 0.4) is 0 Å². The summed E-state index contributed by atoms with van der Waals surface area (Å²) in [5, 5.41) is 9.88. The van der Waals surface area contributed by atoms with E-state index in [1.807, 2.05) is 31.4 Å². The van der Waals surface area contributed by atoms with Crippen molar-refractivity contribution in [2.24, 2.45) is 7.05 Å². The molecular weight excluding hydrogens is 390 g/mol. The number of piperazine rings is 1. The normalized spacial score (nSPS) is 16.7. The maximum absolute atomic E-state index is 12.5. The highest BCUT2D eigenvalue weighted by molar-refractivity contribution is 5.88. The van der Waals surface area contributed by atoms with E-state index in [0.717, 1.165) is 16.7 Å². The third kappa shape index (κ3) is 5.38. The minimum absolute atomic E-state index is 0.0938. The first kappa shape index (κ1) is 20.8. The van der Waals surface area contributed by atoms with Crippen molar-refractivity contribution in [3.8, 4) is 11.1 Å². The third-order valence-electron chi connectivity index (χ3n) is 5.52. The first-order valence-corrected chi connectivity index (χ1v) is 10.5. The molecule has 2 N–H and O–H groups in total. The molecule has 0 spiro atoms. The Labute approximate surface area is 182 Å². The number of carbonyl (C=O) groups is 2. The summed E-state index contributed by atoms with van der Waals surface area (Å²) in [5.41, 5.74) is 4.39. The molecule has 1 atom stereocenters. The molecule has 2 heterocycles. The van der Waals surface area contributed by atoms with Gasteiger partial charge in [0.25, 0.3) is 0 Å². The van der Waals surface area contributed by atoms with Gasteiger partial charge in [-0.05, 0) is 16.7 Å². The standard InChI is InChI=1S/C24H27N5O2/c1-28-16-19(15-27-28)14-26-23(30)13-22-24(31)25-11-12-29(22)17-18-7-9-21(10-8-18)20-5-3-2-4-6-20/h2-10,15-16,22H,11-14,17H2,1H3,(H,25,31)(H,26,30)/t22-/m1/s1. The van der Waals surface area contributed by atoms with Crippen molar-refractivity contribution in [2.45, 2.75) is 25.6 Å². The molecule has 2 aromatic carbocycles. The van der Waals surface area contributed by atoms with Gasteiger partial charge in [0, 0.05) is 45.0 Å². The van der Waals surface area contributed by atoms with Crippen LogP contribution in [-0.2, 0) is 29.7 Å². The lowest BCUT2D eigenvalue weighted by Crippen LogP contribution is -2.56. The number of carbonyl (C=O) groups excluding carboxylic acids is 2. The van der Waals surface area contributed by atoms with Crippen LogP contribution < -0.4 is 10.6 Å². The van der Waals surface area contributed by atoms with Gasteiger partial charge < -0.3 is 10.6 Å². The molecule has 0 saturated carbocycles. The van der Waals surface area contributed by atoms with Crippen LogP contribution in [0, 0.1) is 0 Å². The number of nitrogens with zero attached hydrogens (tertiary/aromatic N) is 3. The highest BCUT2D eigenvalue weighted by Gasteiger charge is 2.31. The number of hydrogen-bond donors (Lipinski definition) is 2. The van der Waals surface area contributed by atoms with Crippen LogP contribution in [0.1, 0.15) is 17.5 Å². The number of aryl methyl sites for hydroxylation is 1. The van der Waals surface area contributed by atoms with Crippen molar-refractivity contribution in [2.75, 3.05) is 13.1 Å². The van der Waals surface area contributed by atoms with Crippen LogP contribution in [-0.4, -0.2) is 45.6 Å². The van der Waals surface area contributed by atoms with Crippen LogP contribution >= 0.6 is 0 Å². The maximum atomic E-state index is 12.5. The van der Waals surface area contributed by atoms with E-state index in [1.54, 1.807) is 10.9 Å². The van der Waals surface area contributed by atoms with Crippen molar-refractivity contribution < 1.29 is 9.59 Å². The van der Waals surface area contributed by atoms with Gasteiger partial charge in [0.1, 0.15) is 0 Å². The second kappa shape index (κ2) is 9.57. The van der Waals surface area contributed by atoms with E-state index in [0.29, 0.717) is 26.2 Å². The number of rotatable bonds is 7. The quantitative estimate of drug-likeness (QED) is 0.617.